The van der Waals surface area contributed by atoms with E-state index < -0.39 is 0 Å². The quantitative estimate of drug-likeness (QED) is 0.801. The van der Waals surface area contributed by atoms with Crippen molar-refractivity contribution in [3.8, 4) is 5.75 Å². The van der Waals surface area contributed by atoms with Gasteiger partial charge in [0.2, 0.25) is 0 Å². The van der Waals surface area contributed by atoms with E-state index >= 15 is 0 Å². The van der Waals surface area contributed by atoms with Gasteiger partial charge in [0.05, 0.1) is 6.10 Å². The average molecular weight is 207 g/mol. The zero-order chi connectivity index (χ0) is 10.7. The van der Waals surface area contributed by atoms with Crippen LogP contribution in [-0.2, 0) is 0 Å². The molecule has 1 aromatic rings. The molecule has 0 amide bonds. The summed E-state index contributed by atoms with van der Waals surface area (Å²) < 4.78 is 5.61. The fourth-order valence-electron chi connectivity index (χ4n) is 1.72. The first-order valence-electron chi connectivity index (χ1n) is 5.34. The number of benzene rings is 1. The van der Waals surface area contributed by atoms with Gasteiger partial charge in [-0.05, 0) is 24.6 Å². The molecule has 1 aliphatic rings. The Morgan fingerprint density at radius 1 is 1.47 bits per heavy atom. The molecule has 1 saturated heterocycles. The lowest BCUT2D eigenvalue weighted by molar-refractivity contribution is -0.00387. The van der Waals surface area contributed by atoms with Crippen molar-refractivity contribution in [3.05, 3.63) is 29.8 Å². The Hall–Kier alpha value is -1.06. The molecule has 15 heavy (non-hydrogen) atoms. The standard InChI is InChI=1S/C12H17NO2/c1-10-3-2-4-12(7-10)15-6-5-13-8-11(14)9-13/h2-4,7,11,14H,5-6,8-9H2,1H3. The number of nitrogens with zero attached hydrogens (tertiary/aromatic N) is 1. The van der Waals surface area contributed by atoms with Crippen LogP contribution in [0.5, 0.6) is 5.75 Å². The second kappa shape index (κ2) is 4.64. The van der Waals surface area contributed by atoms with Crippen LogP contribution in [0.1, 0.15) is 5.56 Å². The zero-order valence-corrected chi connectivity index (χ0v) is 9.02. The molecule has 1 fully saturated rings. The summed E-state index contributed by atoms with van der Waals surface area (Å²) in [5, 5.41) is 9.09. The molecule has 1 N–H and O–H groups in total. The molecule has 0 bridgehead atoms. The van der Waals surface area contributed by atoms with Gasteiger partial charge in [0, 0.05) is 19.6 Å². The third-order valence-corrected chi connectivity index (χ3v) is 2.60. The molecule has 0 spiro atoms. The second-order valence-corrected chi connectivity index (χ2v) is 4.08. The lowest BCUT2D eigenvalue weighted by Crippen LogP contribution is -2.51. The van der Waals surface area contributed by atoms with Gasteiger partial charge in [-0.2, -0.15) is 0 Å². The van der Waals surface area contributed by atoms with Crippen molar-refractivity contribution in [2.45, 2.75) is 13.0 Å². The Balaban J connectivity index is 1.69. The van der Waals surface area contributed by atoms with Crippen molar-refractivity contribution in [2.24, 2.45) is 0 Å². The number of aliphatic hydroxyl groups is 1. The highest BCUT2D eigenvalue weighted by atomic mass is 16.5. The summed E-state index contributed by atoms with van der Waals surface area (Å²) >= 11 is 0. The van der Waals surface area contributed by atoms with E-state index in [0.29, 0.717) is 6.61 Å². The fraction of sp³-hybridized carbons (Fsp3) is 0.500. The van der Waals surface area contributed by atoms with Gasteiger partial charge in [-0.15, -0.1) is 0 Å². The van der Waals surface area contributed by atoms with Gasteiger partial charge in [0.1, 0.15) is 12.4 Å². The first-order chi connectivity index (χ1) is 7.24. The van der Waals surface area contributed by atoms with Crippen LogP contribution in [0.15, 0.2) is 24.3 Å². The molecule has 2 rings (SSSR count). The molecule has 82 valence electrons. The zero-order valence-electron chi connectivity index (χ0n) is 9.02. The second-order valence-electron chi connectivity index (χ2n) is 4.08. The number of aryl methyl sites for hydroxylation is 1. The number of rotatable bonds is 4. The van der Waals surface area contributed by atoms with Gasteiger partial charge in [-0.25, -0.2) is 0 Å². The van der Waals surface area contributed by atoms with Gasteiger partial charge < -0.3 is 9.84 Å². The van der Waals surface area contributed by atoms with Crippen molar-refractivity contribution >= 4 is 0 Å². The van der Waals surface area contributed by atoms with Crippen LogP contribution >= 0.6 is 0 Å². The summed E-state index contributed by atoms with van der Waals surface area (Å²) in [7, 11) is 0. The molecule has 3 heteroatoms. The summed E-state index contributed by atoms with van der Waals surface area (Å²) in [6.45, 7) is 5.22. The summed E-state index contributed by atoms with van der Waals surface area (Å²) in [6.07, 6.45) is -0.121. The molecule has 0 unspecified atom stereocenters. The Bertz CT molecular complexity index is 321. The van der Waals surface area contributed by atoms with E-state index in [4.69, 9.17) is 9.84 Å². The van der Waals surface area contributed by atoms with Crippen LogP contribution in [0, 0.1) is 6.92 Å². The highest BCUT2D eigenvalue weighted by Gasteiger charge is 2.23. The molecule has 3 nitrogen and oxygen atoms in total. The first-order valence-corrected chi connectivity index (χ1v) is 5.34. The number of ether oxygens (including phenoxy) is 1. The molecule has 0 saturated carbocycles. The van der Waals surface area contributed by atoms with Gasteiger partial charge in [-0.1, -0.05) is 12.1 Å². The van der Waals surface area contributed by atoms with E-state index in [1.165, 1.54) is 5.56 Å². The van der Waals surface area contributed by atoms with E-state index in [9.17, 15) is 0 Å². The van der Waals surface area contributed by atoms with E-state index in [2.05, 4.69) is 17.9 Å². The highest BCUT2D eigenvalue weighted by molar-refractivity contribution is 5.27. The van der Waals surface area contributed by atoms with Gasteiger partial charge >= 0.3 is 0 Å². The lowest BCUT2D eigenvalue weighted by atomic mass is 10.2. The normalized spacial score (nSPS) is 17.5. The van der Waals surface area contributed by atoms with Crippen LogP contribution < -0.4 is 4.74 Å². The maximum absolute atomic E-state index is 9.09. The lowest BCUT2D eigenvalue weighted by Gasteiger charge is -2.35. The minimum absolute atomic E-state index is 0.121. The average Bonchev–Trinajstić information content (AvgIpc) is 2.15. The molecule has 0 atom stereocenters. The largest absolute Gasteiger partial charge is 0.492 e. The summed E-state index contributed by atoms with van der Waals surface area (Å²) in [5.41, 5.74) is 1.21. The molecule has 1 heterocycles. The maximum atomic E-state index is 9.09. The molecular weight excluding hydrogens is 190 g/mol. The highest BCUT2D eigenvalue weighted by Crippen LogP contribution is 2.13. The van der Waals surface area contributed by atoms with E-state index in [0.717, 1.165) is 25.4 Å². The summed E-state index contributed by atoms with van der Waals surface area (Å²) in [4.78, 5) is 2.18. The number of aliphatic hydroxyl groups excluding tert-OH is 1. The Labute approximate surface area is 90.3 Å². The predicted molar refractivity (Wildman–Crippen MR) is 59.1 cm³/mol. The van der Waals surface area contributed by atoms with Crippen LogP contribution in [0.25, 0.3) is 0 Å². The van der Waals surface area contributed by atoms with Crippen molar-refractivity contribution in [1.29, 1.82) is 0 Å². The van der Waals surface area contributed by atoms with E-state index in [-0.39, 0.29) is 6.10 Å². The molecule has 0 aliphatic carbocycles. The van der Waals surface area contributed by atoms with Crippen molar-refractivity contribution in [1.82, 2.24) is 4.90 Å². The predicted octanol–water partition coefficient (Wildman–Crippen LogP) is 1.05. The van der Waals surface area contributed by atoms with Crippen molar-refractivity contribution in [3.63, 3.8) is 0 Å². The minimum atomic E-state index is -0.121. The summed E-state index contributed by atoms with van der Waals surface area (Å²) in [6, 6.07) is 8.06. The monoisotopic (exact) mass is 207 g/mol. The Morgan fingerprint density at radius 2 is 2.27 bits per heavy atom. The first kappa shape index (κ1) is 10.5. The SMILES string of the molecule is Cc1cccc(OCCN2CC(O)C2)c1. The van der Waals surface area contributed by atoms with Gasteiger partial charge in [0.15, 0.2) is 0 Å². The molecular formula is C12H17NO2. The minimum Gasteiger partial charge on any atom is -0.492 e. The van der Waals surface area contributed by atoms with Crippen molar-refractivity contribution < 1.29 is 9.84 Å². The van der Waals surface area contributed by atoms with Crippen LogP contribution in [0.2, 0.25) is 0 Å². The van der Waals surface area contributed by atoms with Gasteiger partial charge in [-0.3, -0.25) is 4.90 Å². The molecule has 0 radical (unpaired) electrons. The molecule has 0 aromatic heterocycles. The Kier molecular flexibility index (Phi) is 3.23. The van der Waals surface area contributed by atoms with E-state index in [1.54, 1.807) is 0 Å². The maximum Gasteiger partial charge on any atom is 0.119 e. The topological polar surface area (TPSA) is 32.7 Å². The van der Waals surface area contributed by atoms with Crippen molar-refractivity contribution in [2.75, 3.05) is 26.2 Å². The number of hydrogen-bond acceptors (Lipinski definition) is 3. The number of likely N-dealkylation sites (tertiary alicyclic amines) is 1. The fourth-order valence-corrected chi connectivity index (χ4v) is 1.72. The molecule has 1 aliphatic heterocycles. The summed E-state index contributed by atoms with van der Waals surface area (Å²) in [5.74, 6) is 0.927. The van der Waals surface area contributed by atoms with Crippen LogP contribution in [0.3, 0.4) is 0 Å². The number of hydrogen-bond donors (Lipinski definition) is 1. The number of β-amino-alcohol motifs (C(OH)–C–C–N with tert-alkyl or cyclic N) is 1. The smallest absolute Gasteiger partial charge is 0.119 e. The third-order valence-electron chi connectivity index (χ3n) is 2.60. The van der Waals surface area contributed by atoms with Crippen LogP contribution in [-0.4, -0.2) is 42.4 Å². The molecule has 1 aromatic carbocycles. The Morgan fingerprint density at radius 3 is 2.93 bits per heavy atom. The van der Waals surface area contributed by atoms with Crippen LogP contribution in [0.4, 0.5) is 0 Å². The third kappa shape index (κ3) is 2.94. The van der Waals surface area contributed by atoms with E-state index in [1.807, 2.05) is 18.2 Å². The van der Waals surface area contributed by atoms with Gasteiger partial charge in [0.25, 0.3) is 0 Å².